The molecule has 0 radical (unpaired) electrons. The van der Waals surface area contributed by atoms with E-state index in [0.717, 1.165) is 25.3 Å². The number of carbonyl (C=O) groups is 1. The maximum Gasteiger partial charge on any atom is 0.329 e. The molecule has 14 heavy (non-hydrogen) atoms. The van der Waals surface area contributed by atoms with Gasteiger partial charge in [0.05, 0.1) is 0 Å². The molecule has 0 saturated heterocycles. The van der Waals surface area contributed by atoms with Crippen molar-refractivity contribution in [3.8, 4) is 0 Å². The Labute approximate surface area is 86.2 Å². The van der Waals surface area contributed by atoms with Crippen LogP contribution in [0.5, 0.6) is 0 Å². The number of rotatable bonds is 8. The first-order valence-corrected chi connectivity index (χ1v) is 5.36. The van der Waals surface area contributed by atoms with Crippen molar-refractivity contribution in [2.24, 2.45) is 0 Å². The molecule has 0 fully saturated rings. The Bertz CT molecular complexity index is 178. The van der Waals surface area contributed by atoms with E-state index in [4.69, 9.17) is 5.11 Å². The van der Waals surface area contributed by atoms with Gasteiger partial charge in [-0.1, -0.05) is 33.1 Å². The fourth-order valence-electron chi connectivity index (χ4n) is 1.37. The minimum absolute atomic E-state index is 0.426. The van der Waals surface area contributed by atoms with E-state index in [1.165, 1.54) is 12.8 Å². The van der Waals surface area contributed by atoms with Crippen LogP contribution in [0.15, 0.2) is 12.3 Å². The normalized spacial score (nSPS) is 13.0. The summed E-state index contributed by atoms with van der Waals surface area (Å²) < 4.78 is 0. The largest absolute Gasteiger partial charge is 0.478 e. The predicted octanol–water partition coefficient (Wildman–Crippen LogP) is 2.53. The molecular weight excluding hydrogens is 178 g/mol. The molecule has 2 N–H and O–H groups in total. The molecule has 0 rings (SSSR count). The number of nitrogens with one attached hydrogen (secondary N) is 1. The first-order valence-electron chi connectivity index (χ1n) is 5.36. The number of hydrogen-bond donors (Lipinski definition) is 2. The van der Waals surface area contributed by atoms with E-state index >= 15 is 0 Å². The highest BCUT2D eigenvalue weighted by Crippen LogP contribution is 2.06. The van der Waals surface area contributed by atoms with Crippen molar-refractivity contribution in [2.75, 3.05) is 0 Å². The number of aliphatic carboxylic acids is 1. The van der Waals surface area contributed by atoms with Gasteiger partial charge >= 0.3 is 5.97 Å². The van der Waals surface area contributed by atoms with Gasteiger partial charge in [-0.25, -0.2) is 4.79 Å². The maximum atomic E-state index is 10.2. The molecule has 0 saturated carbocycles. The summed E-state index contributed by atoms with van der Waals surface area (Å²) in [6.07, 6.45) is 8.41. The van der Waals surface area contributed by atoms with Crippen LogP contribution in [-0.4, -0.2) is 17.1 Å². The monoisotopic (exact) mass is 199 g/mol. The highest BCUT2D eigenvalue weighted by molar-refractivity contribution is 5.79. The average Bonchev–Trinajstić information content (AvgIpc) is 2.13. The number of unbranched alkanes of at least 4 members (excludes halogenated alkanes) is 1. The van der Waals surface area contributed by atoms with Crippen LogP contribution >= 0.6 is 0 Å². The molecule has 0 aliphatic rings. The molecule has 0 aliphatic heterocycles. The average molecular weight is 199 g/mol. The van der Waals surface area contributed by atoms with E-state index in [-0.39, 0.29) is 0 Å². The summed E-state index contributed by atoms with van der Waals surface area (Å²) >= 11 is 0. The second-order valence-corrected chi connectivity index (χ2v) is 3.47. The van der Waals surface area contributed by atoms with Crippen LogP contribution in [0, 0.1) is 0 Å². The van der Waals surface area contributed by atoms with E-state index in [2.05, 4.69) is 19.2 Å². The van der Waals surface area contributed by atoms with Crippen molar-refractivity contribution in [1.82, 2.24) is 5.32 Å². The molecule has 0 amide bonds. The van der Waals surface area contributed by atoms with Gasteiger partial charge in [-0.2, -0.15) is 0 Å². The molecule has 0 aliphatic carbocycles. The highest BCUT2D eigenvalue weighted by atomic mass is 16.4. The molecule has 0 bridgehead atoms. The van der Waals surface area contributed by atoms with E-state index in [9.17, 15) is 4.79 Å². The van der Waals surface area contributed by atoms with E-state index < -0.39 is 5.97 Å². The van der Waals surface area contributed by atoms with Crippen LogP contribution in [0.3, 0.4) is 0 Å². The number of carboxylic acids is 1. The summed E-state index contributed by atoms with van der Waals surface area (Å²) in [4.78, 5) is 10.2. The lowest BCUT2D eigenvalue weighted by atomic mass is 10.1. The summed E-state index contributed by atoms with van der Waals surface area (Å²) in [6, 6.07) is 0.426. The number of hydrogen-bond acceptors (Lipinski definition) is 2. The Morgan fingerprint density at radius 3 is 2.57 bits per heavy atom. The molecule has 1 atom stereocenters. The van der Waals surface area contributed by atoms with Crippen LogP contribution in [0.4, 0.5) is 0 Å². The first kappa shape index (κ1) is 13.0. The molecule has 0 aromatic heterocycles. The molecule has 0 spiro atoms. The molecule has 3 heteroatoms. The summed E-state index contributed by atoms with van der Waals surface area (Å²) in [6.45, 7) is 4.30. The Hall–Kier alpha value is -0.990. The molecule has 3 nitrogen and oxygen atoms in total. The zero-order chi connectivity index (χ0) is 10.8. The zero-order valence-corrected chi connectivity index (χ0v) is 9.12. The predicted molar refractivity (Wildman–Crippen MR) is 58.1 cm³/mol. The van der Waals surface area contributed by atoms with Gasteiger partial charge in [0.15, 0.2) is 0 Å². The lowest BCUT2D eigenvalue weighted by molar-refractivity contribution is -0.131. The van der Waals surface area contributed by atoms with Gasteiger partial charge in [0.2, 0.25) is 0 Å². The van der Waals surface area contributed by atoms with Gasteiger partial charge in [0.25, 0.3) is 0 Å². The first-order chi connectivity index (χ1) is 6.70. The number of carboxylic acid groups (broad SMARTS) is 1. The topological polar surface area (TPSA) is 49.3 Å². The summed E-state index contributed by atoms with van der Waals surface area (Å²) in [7, 11) is 0. The lowest BCUT2D eigenvalue weighted by Gasteiger charge is -2.15. The third-order valence-electron chi connectivity index (χ3n) is 2.10. The molecular formula is C11H21NO2. The van der Waals surface area contributed by atoms with Crippen LogP contribution in [-0.2, 0) is 4.79 Å². The third kappa shape index (κ3) is 7.65. The lowest BCUT2D eigenvalue weighted by Crippen LogP contribution is -2.24. The van der Waals surface area contributed by atoms with Crippen molar-refractivity contribution >= 4 is 5.97 Å². The van der Waals surface area contributed by atoms with Crippen LogP contribution < -0.4 is 5.32 Å². The van der Waals surface area contributed by atoms with Crippen molar-refractivity contribution < 1.29 is 9.90 Å². The minimum Gasteiger partial charge on any atom is -0.478 e. The summed E-state index contributed by atoms with van der Waals surface area (Å²) in [5, 5.41) is 11.5. The van der Waals surface area contributed by atoms with Gasteiger partial charge in [0, 0.05) is 18.3 Å². The van der Waals surface area contributed by atoms with Crippen molar-refractivity contribution in [3.05, 3.63) is 12.3 Å². The smallest absolute Gasteiger partial charge is 0.329 e. The Morgan fingerprint density at radius 1 is 1.36 bits per heavy atom. The molecule has 0 aromatic rings. The second-order valence-electron chi connectivity index (χ2n) is 3.47. The fourth-order valence-corrected chi connectivity index (χ4v) is 1.37. The summed E-state index contributed by atoms with van der Waals surface area (Å²) in [5.74, 6) is -0.900. The van der Waals surface area contributed by atoms with E-state index in [1.54, 1.807) is 6.20 Å². The van der Waals surface area contributed by atoms with Gasteiger partial charge in [-0.15, -0.1) is 0 Å². The minimum atomic E-state index is -0.900. The molecule has 82 valence electrons. The zero-order valence-electron chi connectivity index (χ0n) is 9.12. The van der Waals surface area contributed by atoms with E-state index in [0.29, 0.717) is 6.04 Å². The van der Waals surface area contributed by atoms with Crippen LogP contribution in [0.2, 0.25) is 0 Å². The Balaban J connectivity index is 3.77. The Kier molecular flexibility index (Phi) is 7.99. The molecule has 0 aromatic carbocycles. The Morgan fingerprint density at radius 2 is 2.07 bits per heavy atom. The molecule has 1 unspecified atom stereocenters. The highest BCUT2D eigenvalue weighted by Gasteiger charge is 2.03. The maximum absolute atomic E-state index is 10.2. The van der Waals surface area contributed by atoms with Crippen molar-refractivity contribution in [2.45, 2.75) is 52.0 Å². The second kappa shape index (κ2) is 8.60. The summed E-state index contributed by atoms with van der Waals surface area (Å²) in [5.41, 5.74) is 0. The standard InChI is InChI=1S/C11H21NO2/c1-3-5-7-10(6-4-2)12-9-8-11(13)14/h8-10,12H,3-7H2,1-2H3,(H,13,14)/b9-8+. The van der Waals surface area contributed by atoms with Gasteiger partial charge in [-0.05, 0) is 12.8 Å². The van der Waals surface area contributed by atoms with Gasteiger partial charge in [-0.3, -0.25) is 0 Å². The van der Waals surface area contributed by atoms with Crippen LogP contribution in [0.1, 0.15) is 46.0 Å². The SMILES string of the molecule is CCCCC(CCC)N/C=C/C(=O)O. The van der Waals surface area contributed by atoms with Gasteiger partial charge < -0.3 is 10.4 Å². The van der Waals surface area contributed by atoms with Crippen molar-refractivity contribution in [1.29, 1.82) is 0 Å². The third-order valence-corrected chi connectivity index (χ3v) is 2.10. The van der Waals surface area contributed by atoms with Crippen LogP contribution in [0.25, 0.3) is 0 Å². The fraction of sp³-hybridized carbons (Fsp3) is 0.727. The molecule has 0 heterocycles. The van der Waals surface area contributed by atoms with Crippen molar-refractivity contribution in [3.63, 3.8) is 0 Å². The quantitative estimate of drug-likeness (QED) is 0.591. The van der Waals surface area contributed by atoms with Gasteiger partial charge in [0.1, 0.15) is 0 Å². The van der Waals surface area contributed by atoms with E-state index in [1.807, 2.05) is 0 Å².